The number of nitrogens with one attached hydrogen (secondary N) is 1. The van der Waals surface area contributed by atoms with Gasteiger partial charge in [-0.25, -0.2) is 9.36 Å². The number of carbonyl (C=O) groups is 1. The summed E-state index contributed by atoms with van der Waals surface area (Å²) in [7, 11) is 0. The van der Waals surface area contributed by atoms with Gasteiger partial charge in [0, 0.05) is 10.9 Å². The highest BCUT2D eigenvalue weighted by Crippen LogP contribution is 2.33. The Balaban J connectivity index is 1.58. The number of hydrogen-bond donors (Lipinski definition) is 1. The molecule has 0 atom stereocenters. The van der Waals surface area contributed by atoms with E-state index in [4.69, 9.17) is 33.0 Å². The predicted octanol–water partition coefficient (Wildman–Crippen LogP) is 5.32. The lowest BCUT2D eigenvalue weighted by Crippen LogP contribution is -2.25. The summed E-state index contributed by atoms with van der Waals surface area (Å²) in [5, 5.41) is 15.0. The van der Waals surface area contributed by atoms with E-state index in [1.165, 1.54) is 11.3 Å². The molecule has 1 aliphatic heterocycles. The fourth-order valence-electron chi connectivity index (χ4n) is 3.66. The molecule has 0 saturated carbocycles. The van der Waals surface area contributed by atoms with E-state index >= 15 is 0 Å². The lowest BCUT2D eigenvalue weighted by atomic mass is 10.1. The number of amides is 1. The van der Waals surface area contributed by atoms with Gasteiger partial charge in [-0.05, 0) is 37.3 Å². The van der Waals surface area contributed by atoms with Crippen molar-refractivity contribution in [1.82, 2.24) is 14.5 Å². The Morgan fingerprint density at radius 1 is 1.28 bits per heavy atom. The summed E-state index contributed by atoms with van der Waals surface area (Å²) in [5.74, 6) is 0.424. The molecule has 0 radical (unpaired) electrons. The molecule has 2 aromatic heterocycles. The van der Waals surface area contributed by atoms with Crippen LogP contribution in [0, 0.1) is 6.92 Å². The standard InChI is InChI=1S/C25H20Cl2N6O2S/c1-3-10-28-25-33(21(14-36-25)16-8-9-22-19(11-16)30-23(34)13-35-22)29-12-17-15(2)31-32(24(17)27)20-7-5-4-6-18(20)26/h3-9,11-12,14H,1,10,13H2,2H3,(H,30,34). The maximum absolute atomic E-state index is 11.8. The number of aryl methyl sites for hydroxylation is 1. The number of fused-ring (bicyclic) bond motifs is 1. The average Bonchev–Trinajstić information content (AvgIpc) is 3.40. The summed E-state index contributed by atoms with van der Waals surface area (Å²) in [4.78, 5) is 17.0. The largest absolute Gasteiger partial charge is 0.482 e. The van der Waals surface area contributed by atoms with Crippen LogP contribution in [0.1, 0.15) is 11.3 Å². The Hall–Kier alpha value is -3.66. The second-order valence-corrected chi connectivity index (χ2v) is 9.39. The highest BCUT2D eigenvalue weighted by atomic mass is 35.5. The van der Waals surface area contributed by atoms with Gasteiger partial charge in [0.2, 0.25) is 4.80 Å². The van der Waals surface area contributed by atoms with E-state index in [0.29, 0.717) is 49.9 Å². The minimum absolute atomic E-state index is 0.00165. The third-order valence-corrected chi connectivity index (χ3v) is 6.92. The van der Waals surface area contributed by atoms with Gasteiger partial charge in [0.1, 0.15) is 10.9 Å². The third-order valence-electron chi connectivity index (χ3n) is 5.38. The normalized spacial score (nSPS) is 13.5. The zero-order valence-electron chi connectivity index (χ0n) is 19.1. The second-order valence-electron chi connectivity index (χ2n) is 7.79. The fourth-order valence-corrected chi connectivity index (χ4v) is 5.04. The molecular formula is C25H20Cl2N6O2S. The Morgan fingerprint density at radius 3 is 2.92 bits per heavy atom. The topological polar surface area (TPSA) is 85.8 Å². The molecule has 0 fully saturated rings. The molecule has 11 heteroatoms. The van der Waals surface area contributed by atoms with Crippen molar-refractivity contribution in [3.05, 3.63) is 86.7 Å². The first kappa shape index (κ1) is 24.1. The minimum Gasteiger partial charge on any atom is -0.482 e. The quantitative estimate of drug-likeness (QED) is 0.266. The molecule has 1 N–H and O–H groups in total. The number of nitrogens with zero attached hydrogens (tertiary/aromatic N) is 5. The van der Waals surface area contributed by atoms with Crippen LogP contribution in [0.4, 0.5) is 5.69 Å². The van der Waals surface area contributed by atoms with Crippen LogP contribution in [0.15, 0.2) is 70.6 Å². The predicted molar refractivity (Wildman–Crippen MR) is 144 cm³/mol. The zero-order chi connectivity index (χ0) is 25.2. The summed E-state index contributed by atoms with van der Waals surface area (Å²) in [5.41, 5.74) is 4.25. The molecule has 5 rings (SSSR count). The van der Waals surface area contributed by atoms with Crippen molar-refractivity contribution in [3.63, 3.8) is 0 Å². The molecule has 2 aromatic carbocycles. The van der Waals surface area contributed by atoms with Gasteiger partial charge < -0.3 is 10.1 Å². The van der Waals surface area contributed by atoms with Crippen LogP contribution in [0.3, 0.4) is 0 Å². The molecule has 1 aliphatic rings. The molecular weight excluding hydrogens is 519 g/mol. The van der Waals surface area contributed by atoms with E-state index < -0.39 is 0 Å². The van der Waals surface area contributed by atoms with E-state index in [0.717, 1.165) is 11.3 Å². The van der Waals surface area contributed by atoms with E-state index in [1.807, 2.05) is 48.7 Å². The molecule has 0 unspecified atom stereocenters. The van der Waals surface area contributed by atoms with Crippen LogP contribution >= 0.6 is 34.5 Å². The van der Waals surface area contributed by atoms with Crippen LogP contribution in [0.25, 0.3) is 16.9 Å². The first-order valence-electron chi connectivity index (χ1n) is 10.9. The van der Waals surface area contributed by atoms with Crippen molar-refractivity contribution < 1.29 is 9.53 Å². The number of anilines is 1. The molecule has 0 bridgehead atoms. The lowest BCUT2D eigenvalue weighted by Gasteiger charge is -2.18. The maximum Gasteiger partial charge on any atom is 0.262 e. The second kappa shape index (κ2) is 10.1. The van der Waals surface area contributed by atoms with Gasteiger partial charge in [0.05, 0.1) is 46.1 Å². The monoisotopic (exact) mass is 538 g/mol. The molecule has 0 saturated heterocycles. The van der Waals surface area contributed by atoms with Gasteiger partial charge in [-0.1, -0.05) is 41.4 Å². The lowest BCUT2D eigenvalue weighted by molar-refractivity contribution is -0.118. The number of carbonyl (C=O) groups excluding carboxylic acids is 1. The number of rotatable bonds is 6. The number of hydrogen-bond acceptors (Lipinski definition) is 6. The summed E-state index contributed by atoms with van der Waals surface area (Å²) in [6.07, 6.45) is 3.37. The molecule has 0 aliphatic carbocycles. The minimum atomic E-state index is -0.196. The summed E-state index contributed by atoms with van der Waals surface area (Å²) in [6.45, 7) is 6.05. The van der Waals surface area contributed by atoms with E-state index in [9.17, 15) is 4.79 Å². The number of halogens is 2. The number of benzene rings is 2. The van der Waals surface area contributed by atoms with Crippen molar-refractivity contribution in [1.29, 1.82) is 0 Å². The molecule has 1 amide bonds. The summed E-state index contributed by atoms with van der Waals surface area (Å²) >= 11 is 14.5. The van der Waals surface area contributed by atoms with Gasteiger partial charge in [0.25, 0.3) is 5.91 Å². The Labute approximate surface area is 220 Å². The molecule has 0 spiro atoms. The molecule has 36 heavy (non-hydrogen) atoms. The van der Waals surface area contributed by atoms with Gasteiger partial charge in [-0.2, -0.15) is 10.2 Å². The van der Waals surface area contributed by atoms with E-state index in [2.05, 4.69) is 22.0 Å². The third kappa shape index (κ3) is 4.60. The number of ether oxygens (including phenoxy) is 1. The van der Waals surface area contributed by atoms with Gasteiger partial charge in [-0.15, -0.1) is 17.9 Å². The zero-order valence-corrected chi connectivity index (χ0v) is 21.4. The molecule has 182 valence electrons. The van der Waals surface area contributed by atoms with Crippen molar-refractivity contribution in [2.45, 2.75) is 6.92 Å². The van der Waals surface area contributed by atoms with Crippen LogP contribution in [-0.4, -0.2) is 39.7 Å². The van der Waals surface area contributed by atoms with Crippen LogP contribution in [0.5, 0.6) is 5.75 Å². The van der Waals surface area contributed by atoms with Gasteiger partial charge in [0.15, 0.2) is 6.61 Å². The van der Waals surface area contributed by atoms with Crippen molar-refractivity contribution in [2.75, 3.05) is 18.5 Å². The van der Waals surface area contributed by atoms with Gasteiger partial charge >= 0.3 is 0 Å². The molecule has 4 aromatic rings. The Kier molecular flexibility index (Phi) is 6.77. The van der Waals surface area contributed by atoms with Crippen LogP contribution < -0.4 is 14.9 Å². The smallest absolute Gasteiger partial charge is 0.262 e. The number of aromatic nitrogens is 3. The SMILES string of the molecule is C=CCN=c1scc(-c2ccc3c(c2)NC(=O)CO3)n1N=Cc1c(C)nn(-c2ccccc2Cl)c1Cl. The Morgan fingerprint density at radius 2 is 2.11 bits per heavy atom. The number of thiazole rings is 1. The van der Waals surface area contributed by atoms with Crippen LogP contribution in [-0.2, 0) is 4.79 Å². The highest BCUT2D eigenvalue weighted by Gasteiger charge is 2.19. The van der Waals surface area contributed by atoms with E-state index in [-0.39, 0.29) is 12.5 Å². The summed E-state index contributed by atoms with van der Waals surface area (Å²) < 4.78 is 8.80. The van der Waals surface area contributed by atoms with E-state index in [1.54, 1.807) is 27.7 Å². The molecule has 8 nitrogen and oxygen atoms in total. The first-order valence-corrected chi connectivity index (χ1v) is 12.5. The molecule has 3 heterocycles. The first-order chi connectivity index (χ1) is 17.5. The average molecular weight is 539 g/mol. The van der Waals surface area contributed by atoms with Crippen LogP contribution in [0.2, 0.25) is 10.2 Å². The summed E-state index contributed by atoms with van der Waals surface area (Å²) in [6, 6.07) is 12.9. The van der Waals surface area contributed by atoms with Gasteiger partial charge in [-0.3, -0.25) is 9.79 Å². The Bertz CT molecular complexity index is 1580. The maximum atomic E-state index is 11.8. The highest BCUT2D eigenvalue weighted by molar-refractivity contribution is 7.07. The van der Waals surface area contributed by atoms with Crippen molar-refractivity contribution in [3.8, 4) is 22.7 Å². The fraction of sp³-hybridized carbons (Fsp3) is 0.120. The van der Waals surface area contributed by atoms with Crippen molar-refractivity contribution in [2.24, 2.45) is 10.1 Å². The van der Waals surface area contributed by atoms with Crippen molar-refractivity contribution >= 4 is 52.3 Å². The number of para-hydroxylation sites is 1.